The number of hydrogen-bond acceptors (Lipinski definition) is 5. The van der Waals surface area contributed by atoms with E-state index < -0.39 is 23.6 Å². The number of carbonyl (C=O) groups excluding carboxylic acids is 2. The second kappa shape index (κ2) is 12.9. The van der Waals surface area contributed by atoms with Crippen molar-refractivity contribution < 1.29 is 27.5 Å². The molecule has 4 atom stereocenters. The van der Waals surface area contributed by atoms with Gasteiger partial charge in [0.25, 0.3) is 0 Å². The molecule has 3 heterocycles. The van der Waals surface area contributed by atoms with Gasteiger partial charge in [-0.15, -0.1) is 0 Å². The molecule has 3 aliphatic heterocycles. The Bertz CT molecular complexity index is 1310. The maximum atomic E-state index is 15.0. The second-order valence-corrected chi connectivity index (χ2v) is 12.4. The number of hydrogen-bond donors (Lipinski definition) is 0. The first-order valence-electron chi connectivity index (χ1n) is 15.1. The third-order valence-electron chi connectivity index (χ3n) is 9.66. The van der Waals surface area contributed by atoms with E-state index in [2.05, 4.69) is 9.80 Å². The van der Waals surface area contributed by atoms with Gasteiger partial charge in [-0.25, -0.2) is 13.2 Å². The van der Waals surface area contributed by atoms with Gasteiger partial charge in [0.05, 0.1) is 12.0 Å². The van der Waals surface area contributed by atoms with Crippen molar-refractivity contribution >= 4 is 11.7 Å². The van der Waals surface area contributed by atoms with E-state index in [9.17, 15) is 18.4 Å². The summed E-state index contributed by atoms with van der Waals surface area (Å²) < 4.78 is 49.1. The summed E-state index contributed by atoms with van der Waals surface area (Å²) >= 11 is 0. The average Bonchev–Trinajstić information content (AvgIpc) is 3.39. The molecule has 0 N–H and O–H groups in total. The van der Waals surface area contributed by atoms with Crippen LogP contribution in [0, 0.1) is 37.2 Å². The largest absolute Gasteiger partial charge is 0.381 e. The number of benzene rings is 2. The molecule has 0 spiro atoms. The van der Waals surface area contributed by atoms with Crippen LogP contribution in [0.1, 0.15) is 54.9 Å². The van der Waals surface area contributed by atoms with E-state index in [0.717, 1.165) is 30.0 Å². The van der Waals surface area contributed by atoms with Crippen molar-refractivity contribution in [2.24, 2.45) is 5.92 Å². The summed E-state index contributed by atoms with van der Waals surface area (Å²) in [7, 11) is 0. The number of likely N-dealkylation sites (tertiary alicyclic amines) is 1. The van der Waals surface area contributed by atoms with Gasteiger partial charge in [-0.2, -0.15) is 0 Å². The van der Waals surface area contributed by atoms with Crippen LogP contribution in [0.2, 0.25) is 0 Å². The molecule has 0 radical (unpaired) electrons. The van der Waals surface area contributed by atoms with Gasteiger partial charge in [-0.05, 0) is 81.3 Å². The van der Waals surface area contributed by atoms with Gasteiger partial charge >= 0.3 is 0 Å². The smallest absolute Gasteiger partial charge is 0.227 e. The van der Waals surface area contributed by atoms with Gasteiger partial charge in [0.1, 0.15) is 23.2 Å². The van der Waals surface area contributed by atoms with Crippen molar-refractivity contribution in [3.63, 3.8) is 0 Å². The Balaban J connectivity index is 1.32. The molecule has 228 valence electrons. The maximum Gasteiger partial charge on any atom is 0.227 e. The molecule has 0 aromatic heterocycles. The van der Waals surface area contributed by atoms with Crippen LogP contribution in [0.4, 0.5) is 13.2 Å². The lowest BCUT2D eigenvalue weighted by Gasteiger charge is -2.44. The van der Waals surface area contributed by atoms with Crippen molar-refractivity contribution in [1.82, 2.24) is 14.7 Å². The SMILES string of the molecule is CC(=O)[C@H](Cc1cc(C)c(C)cc1F)N1CCN(C(=O)[C@@H]2CN(C3CCOCC3)C[C@H]2c2ccc(F)cc2F)[C@@H](C)C1. The number of piperazine rings is 1. The Kier molecular flexibility index (Phi) is 9.40. The van der Waals surface area contributed by atoms with Crippen LogP contribution >= 0.6 is 0 Å². The van der Waals surface area contributed by atoms with Gasteiger partial charge in [0.15, 0.2) is 0 Å². The van der Waals surface area contributed by atoms with Gasteiger partial charge in [0.2, 0.25) is 5.91 Å². The molecule has 2 aromatic rings. The minimum absolute atomic E-state index is 0.0330. The zero-order valence-corrected chi connectivity index (χ0v) is 25.0. The number of ketones is 1. The monoisotopic (exact) mass is 585 g/mol. The number of rotatable bonds is 7. The number of amides is 1. The van der Waals surface area contributed by atoms with E-state index in [1.807, 2.05) is 31.7 Å². The molecule has 3 fully saturated rings. The van der Waals surface area contributed by atoms with Crippen molar-refractivity contribution in [2.75, 3.05) is 45.9 Å². The molecule has 6 nitrogen and oxygen atoms in total. The van der Waals surface area contributed by atoms with Crippen LogP contribution in [-0.2, 0) is 20.7 Å². The Morgan fingerprint density at radius 2 is 1.67 bits per heavy atom. The third-order valence-corrected chi connectivity index (χ3v) is 9.66. The van der Waals surface area contributed by atoms with Crippen LogP contribution < -0.4 is 0 Å². The quantitative estimate of drug-likeness (QED) is 0.474. The fourth-order valence-electron chi connectivity index (χ4n) is 7.09. The van der Waals surface area contributed by atoms with Crippen LogP contribution in [0.15, 0.2) is 30.3 Å². The molecular weight excluding hydrogens is 543 g/mol. The predicted octanol–water partition coefficient (Wildman–Crippen LogP) is 4.65. The molecule has 2 aromatic carbocycles. The molecule has 42 heavy (non-hydrogen) atoms. The fourth-order valence-corrected chi connectivity index (χ4v) is 7.09. The Hall–Kier alpha value is -2.75. The van der Waals surface area contributed by atoms with Crippen molar-refractivity contribution in [2.45, 2.75) is 71.0 Å². The summed E-state index contributed by atoms with van der Waals surface area (Å²) in [6, 6.07) is 6.57. The summed E-state index contributed by atoms with van der Waals surface area (Å²) in [6.45, 7) is 11.1. The highest BCUT2D eigenvalue weighted by Gasteiger charge is 2.45. The van der Waals surface area contributed by atoms with Crippen LogP contribution in [0.5, 0.6) is 0 Å². The Morgan fingerprint density at radius 1 is 0.952 bits per heavy atom. The van der Waals surface area contributed by atoms with Gasteiger partial charge in [0, 0.05) is 70.0 Å². The lowest BCUT2D eigenvalue weighted by Crippen LogP contribution is -2.59. The molecule has 3 aliphatic rings. The average molecular weight is 586 g/mol. The Labute approximate surface area is 246 Å². The number of halogens is 3. The van der Waals surface area contributed by atoms with E-state index in [1.165, 1.54) is 25.1 Å². The molecule has 3 saturated heterocycles. The lowest BCUT2D eigenvalue weighted by atomic mass is 9.87. The van der Waals surface area contributed by atoms with E-state index in [1.54, 1.807) is 0 Å². The zero-order valence-electron chi connectivity index (χ0n) is 25.0. The first-order chi connectivity index (χ1) is 20.0. The van der Waals surface area contributed by atoms with Crippen molar-refractivity contribution in [3.05, 3.63) is 70.0 Å². The van der Waals surface area contributed by atoms with Crippen LogP contribution in [-0.4, -0.2) is 90.5 Å². The molecule has 0 aliphatic carbocycles. The number of ether oxygens (including phenoxy) is 1. The summed E-state index contributed by atoms with van der Waals surface area (Å²) in [5.41, 5.74) is 2.75. The maximum absolute atomic E-state index is 15.0. The normalized spacial score (nSPS) is 25.1. The lowest BCUT2D eigenvalue weighted by molar-refractivity contribution is -0.141. The molecule has 0 unspecified atom stereocenters. The second-order valence-electron chi connectivity index (χ2n) is 12.4. The van der Waals surface area contributed by atoms with Crippen LogP contribution in [0.3, 0.4) is 0 Å². The Morgan fingerprint density at radius 3 is 2.33 bits per heavy atom. The first-order valence-corrected chi connectivity index (χ1v) is 15.1. The topological polar surface area (TPSA) is 53.1 Å². The van der Waals surface area contributed by atoms with Crippen molar-refractivity contribution in [1.29, 1.82) is 0 Å². The predicted molar refractivity (Wildman–Crippen MR) is 155 cm³/mol. The van der Waals surface area contributed by atoms with E-state index in [-0.39, 0.29) is 41.9 Å². The van der Waals surface area contributed by atoms with E-state index in [4.69, 9.17) is 4.74 Å². The van der Waals surface area contributed by atoms with Crippen molar-refractivity contribution in [3.8, 4) is 0 Å². The summed E-state index contributed by atoms with van der Waals surface area (Å²) in [4.78, 5) is 33.1. The van der Waals surface area contributed by atoms with Gasteiger partial charge in [-0.1, -0.05) is 12.1 Å². The van der Waals surface area contributed by atoms with Crippen LogP contribution in [0.25, 0.3) is 0 Å². The summed E-state index contributed by atoms with van der Waals surface area (Å²) in [6.07, 6.45) is 2.00. The molecular formula is C33H42F3N3O3. The van der Waals surface area contributed by atoms with Gasteiger partial charge < -0.3 is 9.64 Å². The highest BCUT2D eigenvalue weighted by molar-refractivity contribution is 5.82. The minimum atomic E-state index is -0.635. The highest BCUT2D eigenvalue weighted by atomic mass is 19.1. The standard InChI is InChI=1S/C33H42F3N3O3/c1-20-13-24(30(35)14-21(20)2)15-32(23(4)40)37-9-10-39(22(3)17-37)33(41)29-19-38(26-7-11-42-12-8-26)18-28(29)27-6-5-25(34)16-31(27)36/h5-6,13-14,16,22,26,28-29,32H,7-12,15,17-19H2,1-4H3/t22-,28-,29+,32-/m0/s1. The minimum Gasteiger partial charge on any atom is -0.381 e. The summed E-state index contributed by atoms with van der Waals surface area (Å²) in [5, 5.41) is 0. The van der Waals surface area contributed by atoms with E-state index in [0.29, 0.717) is 57.1 Å². The molecule has 9 heteroatoms. The molecule has 5 rings (SSSR count). The highest BCUT2D eigenvalue weighted by Crippen LogP contribution is 2.38. The molecule has 0 saturated carbocycles. The zero-order chi connectivity index (χ0) is 30.1. The van der Waals surface area contributed by atoms with Gasteiger partial charge in [-0.3, -0.25) is 19.4 Å². The number of aryl methyl sites for hydroxylation is 2. The molecule has 0 bridgehead atoms. The number of Topliss-reactive ketones (excluding diaryl/α,β-unsaturated/α-hetero) is 1. The fraction of sp³-hybridized carbons (Fsp3) is 0.576. The number of carbonyl (C=O) groups is 2. The summed E-state index contributed by atoms with van der Waals surface area (Å²) in [5.74, 6) is -2.48. The third kappa shape index (κ3) is 6.43. The first kappa shape index (κ1) is 30.7. The van der Waals surface area contributed by atoms with E-state index >= 15 is 4.39 Å². The number of nitrogens with zero attached hydrogens (tertiary/aromatic N) is 3. The molecule has 1 amide bonds.